The third kappa shape index (κ3) is 1.26. The van der Waals surface area contributed by atoms with E-state index in [9.17, 15) is 9.59 Å². The van der Waals surface area contributed by atoms with Crippen molar-refractivity contribution in [2.45, 2.75) is 19.0 Å². The molecule has 9 heavy (non-hydrogen) atoms. The molecule has 0 aromatic heterocycles. The van der Waals surface area contributed by atoms with Crippen LogP contribution in [0.5, 0.6) is 0 Å². The van der Waals surface area contributed by atoms with Crippen molar-refractivity contribution < 1.29 is 9.59 Å². The number of piperidine rings is 1. The van der Waals surface area contributed by atoms with Crippen molar-refractivity contribution in [2.75, 3.05) is 0 Å². The molecule has 0 aromatic rings. The number of rotatable bonds is 0. The molecule has 4 heteroatoms. The maximum atomic E-state index is 10.5. The Bertz CT molecular complexity index is 155. The van der Waals surface area contributed by atoms with Crippen molar-refractivity contribution in [3.05, 3.63) is 0 Å². The van der Waals surface area contributed by atoms with E-state index >= 15 is 0 Å². The number of Topliss-reactive ketones (excluding diaryl/α,β-unsaturated/α-hetero) is 1. The highest BCUT2D eigenvalue weighted by atomic mass is 16.2. The van der Waals surface area contributed by atoms with Gasteiger partial charge in [0.2, 0.25) is 5.78 Å². The molecule has 0 aliphatic carbocycles. The zero-order chi connectivity index (χ0) is 6.85. The topological polar surface area (TPSA) is 72.2 Å². The molecular formula is C5H8N2O2. The third-order valence-electron chi connectivity index (χ3n) is 1.25. The summed E-state index contributed by atoms with van der Waals surface area (Å²) in [5.74, 6) is -0.912. The average Bonchev–Trinajstić information content (AvgIpc) is 1.80. The van der Waals surface area contributed by atoms with Gasteiger partial charge in [0.05, 0.1) is 6.17 Å². The zero-order valence-electron chi connectivity index (χ0n) is 4.89. The largest absolute Gasteiger partial charge is 0.334 e. The fourth-order valence-electron chi connectivity index (χ4n) is 0.721. The molecule has 1 unspecified atom stereocenters. The van der Waals surface area contributed by atoms with Crippen LogP contribution in [0.3, 0.4) is 0 Å². The van der Waals surface area contributed by atoms with Gasteiger partial charge >= 0.3 is 0 Å². The lowest BCUT2D eigenvalue weighted by Crippen LogP contribution is -2.49. The first-order valence-electron chi connectivity index (χ1n) is 2.79. The van der Waals surface area contributed by atoms with Crippen LogP contribution in [-0.4, -0.2) is 17.9 Å². The Hall–Kier alpha value is -0.900. The Morgan fingerprint density at radius 2 is 2.22 bits per heavy atom. The van der Waals surface area contributed by atoms with Gasteiger partial charge < -0.3 is 11.1 Å². The standard InChI is InChI=1S/C5H8N2O2/c6-4-2-1-3(8)5(9)7-4/h4H,1-2,6H2,(H,7,9). The minimum atomic E-state index is -0.547. The van der Waals surface area contributed by atoms with Crippen molar-refractivity contribution in [1.82, 2.24) is 5.32 Å². The van der Waals surface area contributed by atoms with Crippen LogP contribution >= 0.6 is 0 Å². The Balaban J connectivity index is 2.54. The van der Waals surface area contributed by atoms with E-state index in [1.807, 2.05) is 0 Å². The summed E-state index contributed by atoms with van der Waals surface area (Å²) in [6, 6.07) is 0. The molecule has 1 amide bonds. The van der Waals surface area contributed by atoms with Gasteiger partial charge in [-0.2, -0.15) is 0 Å². The number of nitrogens with two attached hydrogens (primary N) is 1. The SMILES string of the molecule is NC1CCC(=O)C(=O)N1. The number of ketones is 1. The minimum absolute atomic E-state index is 0.285. The van der Waals surface area contributed by atoms with Gasteiger partial charge in [-0.15, -0.1) is 0 Å². The molecule has 50 valence electrons. The molecule has 1 aliphatic heterocycles. The normalized spacial score (nSPS) is 27.9. The molecule has 3 N–H and O–H groups in total. The minimum Gasteiger partial charge on any atom is -0.334 e. The lowest BCUT2D eigenvalue weighted by Gasteiger charge is -2.17. The first-order valence-corrected chi connectivity index (χ1v) is 2.79. The maximum absolute atomic E-state index is 10.5. The third-order valence-corrected chi connectivity index (χ3v) is 1.25. The summed E-state index contributed by atoms with van der Waals surface area (Å²) in [6.07, 6.45) is 0.521. The van der Waals surface area contributed by atoms with E-state index in [-0.39, 0.29) is 18.4 Å². The quantitative estimate of drug-likeness (QED) is 0.400. The number of hydrogen-bond acceptors (Lipinski definition) is 3. The molecule has 0 radical (unpaired) electrons. The zero-order valence-corrected chi connectivity index (χ0v) is 4.89. The molecular weight excluding hydrogens is 120 g/mol. The van der Waals surface area contributed by atoms with Gasteiger partial charge in [-0.3, -0.25) is 9.59 Å². The second kappa shape index (κ2) is 2.14. The molecule has 4 nitrogen and oxygen atoms in total. The fraction of sp³-hybridized carbons (Fsp3) is 0.600. The Morgan fingerprint density at radius 1 is 1.56 bits per heavy atom. The lowest BCUT2D eigenvalue weighted by molar-refractivity contribution is -0.140. The Morgan fingerprint density at radius 3 is 2.67 bits per heavy atom. The van der Waals surface area contributed by atoms with Crippen LogP contribution in [0, 0.1) is 0 Å². The smallest absolute Gasteiger partial charge is 0.288 e. The van der Waals surface area contributed by atoms with Gasteiger partial charge in [0.15, 0.2) is 0 Å². The summed E-state index contributed by atoms with van der Waals surface area (Å²) in [6.45, 7) is 0. The van der Waals surface area contributed by atoms with Crippen molar-refractivity contribution in [3.8, 4) is 0 Å². The summed E-state index contributed by atoms with van der Waals surface area (Å²) in [7, 11) is 0. The predicted molar refractivity (Wildman–Crippen MR) is 30.4 cm³/mol. The molecule has 0 spiro atoms. The number of carbonyl (C=O) groups is 2. The van der Waals surface area contributed by atoms with E-state index in [1.54, 1.807) is 0 Å². The molecule has 1 rings (SSSR count). The van der Waals surface area contributed by atoms with Gasteiger partial charge in [-0.25, -0.2) is 0 Å². The highest BCUT2D eigenvalue weighted by molar-refractivity contribution is 6.36. The number of carbonyl (C=O) groups excluding carboxylic acids is 2. The molecule has 1 saturated heterocycles. The van der Waals surface area contributed by atoms with E-state index < -0.39 is 5.91 Å². The second-order valence-electron chi connectivity index (χ2n) is 2.04. The first-order chi connectivity index (χ1) is 4.20. The molecule has 0 saturated carbocycles. The first kappa shape index (κ1) is 6.22. The van der Waals surface area contributed by atoms with E-state index in [1.165, 1.54) is 0 Å². The molecule has 1 heterocycles. The Kier molecular flexibility index (Phi) is 1.48. The van der Waals surface area contributed by atoms with E-state index in [2.05, 4.69) is 5.32 Å². The van der Waals surface area contributed by atoms with Crippen LogP contribution in [0.2, 0.25) is 0 Å². The van der Waals surface area contributed by atoms with E-state index in [0.717, 1.165) is 0 Å². The van der Waals surface area contributed by atoms with Gasteiger partial charge in [0.1, 0.15) is 0 Å². The van der Waals surface area contributed by atoms with Crippen molar-refractivity contribution >= 4 is 11.7 Å². The number of hydrogen-bond donors (Lipinski definition) is 2. The van der Waals surface area contributed by atoms with Gasteiger partial charge in [0, 0.05) is 6.42 Å². The summed E-state index contributed by atoms with van der Waals surface area (Å²) in [4.78, 5) is 20.9. The summed E-state index contributed by atoms with van der Waals surface area (Å²) in [5.41, 5.74) is 5.30. The van der Waals surface area contributed by atoms with Crippen LogP contribution in [0.15, 0.2) is 0 Å². The molecule has 0 bridgehead atoms. The molecule has 1 fully saturated rings. The number of nitrogens with one attached hydrogen (secondary N) is 1. The Labute approximate surface area is 52.4 Å². The van der Waals surface area contributed by atoms with Crippen LogP contribution in [0.25, 0.3) is 0 Å². The van der Waals surface area contributed by atoms with Gasteiger partial charge in [-0.05, 0) is 6.42 Å². The summed E-state index contributed by atoms with van der Waals surface area (Å²) < 4.78 is 0. The van der Waals surface area contributed by atoms with Crippen LogP contribution < -0.4 is 11.1 Å². The highest BCUT2D eigenvalue weighted by Crippen LogP contribution is 1.99. The molecule has 1 aliphatic rings. The molecule has 1 atom stereocenters. The van der Waals surface area contributed by atoms with Crippen molar-refractivity contribution in [3.63, 3.8) is 0 Å². The average molecular weight is 128 g/mol. The van der Waals surface area contributed by atoms with Crippen LogP contribution in [0.4, 0.5) is 0 Å². The van der Waals surface area contributed by atoms with Crippen LogP contribution in [0.1, 0.15) is 12.8 Å². The van der Waals surface area contributed by atoms with Gasteiger partial charge in [-0.1, -0.05) is 0 Å². The predicted octanol–water partition coefficient (Wildman–Crippen LogP) is -1.25. The highest BCUT2D eigenvalue weighted by Gasteiger charge is 2.22. The van der Waals surface area contributed by atoms with Gasteiger partial charge in [0.25, 0.3) is 5.91 Å². The summed E-state index contributed by atoms with van der Waals surface area (Å²) in [5, 5.41) is 2.32. The van der Waals surface area contributed by atoms with Crippen LogP contribution in [-0.2, 0) is 9.59 Å². The van der Waals surface area contributed by atoms with Crippen molar-refractivity contribution in [1.29, 1.82) is 0 Å². The van der Waals surface area contributed by atoms with E-state index in [4.69, 9.17) is 5.73 Å². The maximum Gasteiger partial charge on any atom is 0.288 e. The fourth-order valence-corrected chi connectivity index (χ4v) is 0.721. The molecule has 0 aromatic carbocycles. The van der Waals surface area contributed by atoms with E-state index in [0.29, 0.717) is 6.42 Å². The summed E-state index contributed by atoms with van der Waals surface area (Å²) >= 11 is 0. The van der Waals surface area contributed by atoms with Crippen molar-refractivity contribution in [2.24, 2.45) is 5.73 Å². The second-order valence-corrected chi connectivity index (χ2v) is 2.04. The monoisotopic (exact) mass is 128 g/mol. The lowest BCUT2D eigenvalue weighted by atomic mass is 10.1. The number of amides is 1.